The van der Waals surface area contributed by atoms with Crippen LogP contribution in [-0.4, -0.2) is 21.9 Å². The van der Waals surface area contributed by atoms with E-state index in [2.05, 4.69) is 15.3 Å². The van der Waals surface area contributed by atoms with Crippen molar-refractivity contribution in [2.24, 2.45) is 0 Å². The second-order valence-electron chi connectivity index (χ2n) is 2.61. The van der Waals surface area contributed by atoms with Crippen LogP contribution in [0.4, 0.5) is 5.82 Å². The molecule has 1 atom stereocenters. The third-order valence-corrected chi connectivity index (χ3v) is 2.34. The number of hydrogen-bond donors (Lipinski definition) is 1. The summed E-state index contributed by atoms with van der Waals surface area (Å²) in [5.74, 6) is 0.635. The van der Waals surface area contributed by atoms with Gasteiger partial charge in [-0.1, -0.05) is 18.5 Å². The van der Waals surface area contributed by atoms with E-state index >= 15 is 0 Å². The van der Waals surface area contributed by atoms with E-state index in [1.54, 1.807) is 6.20 Å². The van der Waals surface area contributed by atoms with E-state index in [0.717, 1.165) is 6.42 Å². The molecule has 0 aliphatic heterocycles. The Morgan fingerprint density at radius 3 is 3.00 bits per heavy atom. The second kappa shape index (κ2) is 5.25. The first kappa shape index (κ1) is 10.5. The summed E-state index contributed by atoms with van der Waals surface area (Å²) in [6.07, 6.45) is 3.91. The van der Waals surface area contributed by atoms with Crippen molar-refractivity contribution in [2.45, 2.75) is 18.7 Å². The summed E-state index contributed by atoms with van der Waals surface area (Å²) in [6, 6.07) is 0. The summed E-state index contributed by atoms with van der Waals surface area (Å²) >= 11 is 11.7. The van der Waals surface area contributed by atoms with Gasteiger partial charge in [0.15, 0.2) is 0 Å². The van der Waals surface area contributed by atoms with Crippen molar-refractivity contribution in [3.63, 3.8) is 0 Å². The van der Waals surface area contributed by atoms with Crippen LogP contribution in [0.1, 0.15) is 13.3 Å². The number of halogens is 2. The Balaban J connectivity index is 2.50. The molecule has 0 aliphatic rings. The summed E-state index contributed by atoms with van der Waals surface area (Å²) in [5.41, 5.74) is 0. The molecule has 0 bridgehead atoms. The number of alkyl halides is 1. The molecular weight excluding hydrogens is 209 g/mol. The van der Waals surface area contributed by atoms with Gasteiger partial charge in [-0.25, -0.2) is 9.97 Å². The zero-order chi connectivity index (χ0) is 9.68. The van der Waals surface area contributed by atoms with E-state index in [1.807, 2.05) is 6.92 Å². The number of nitrogens with zero attached hydrogens (tertiary/aromatic N) is 2. The summed E-state index contributed by atoms with van der Waals surface area (Å²) in [7, 11) is 0. The molecule has 1 heterocycles. The van der Waals surface area contributed by atoms with Gasteiger partial charge in [-0.05, 0) is 6.42 Å². The predicted octanol–water partition coefficient (Wildman–Crippen LogP) is 2.56. The fraction of sp³-hybridized carbons (Fsp3) is 0.500. The Hall–Kier alpha value is -0.540. The number of hydrogen-bond acceptors (Lipinski definition) is 3. The smallest absolute Gasteiger partial charge is 0.148 e. The quantitative estimate of drug-likeness (QED) is 0.792. The van der Waals surface area contributed by atoms with Crippen molar-refractivity contribution in [2.75, 3.05) is 11.9 Å². The topological polar surface area (TPSA) is 37.8 Å². The molecule has 0 saturated heterocycles. The van der Waals surface area contributed by atoms with Crippen LogP contribution in [0, 0.1) is 0 Å². The molecule has 0 aromatic carbocycles. The molecule has 0 aliphatic carbocycles. The molecule has 0 saturated carbocycles. The molecule has 0 fully saturated rings. The van der Waals surface area contributed by atoms with Crippen LogP contribution in [0.25, 0.3) is 0 Å². The lowest BCUT2D eigenvalue weighted by atomic mass is 10.3. The largest absolute Gasteiger partial charge is 0.367 e. The van der Waals surface area contributed by atoms with Gasteiger partial charge in [0, 0.05) is 6.54 Å². The third-order valence-electron chi connectivity index (χ3n) is 1.60. The minimum Gasteiger partial charge on any atom is -0.367 e. The molecule has 1 aromatic rings. The zero-order valence-corrected chi connectivity index (χ0v) is 8.81. The molecule has 1 unspecified atom stereocenters. The van der Waals surface area contributed by atoms with Gasteiger partial charge in [0.1, 0.15) is 17.2 Å². The lowest BCUT2D eigenvalue weighted by Crippen LogP contribution is -2.14. The Bertz CT molecular complexity index is 267. The maximum Gasteiger partial charge on any atom is 0.148 e. The fourth-order valence-corrected chi connectivity index (χ4v) is 1.04. The molecule has 72 valence electrons. The Labute approximate surface area is 87.5 Å². The summed E-state index contributed by atoms with van der Waals surface area (Å²) in [4.78, 5) is 7.75. The molecule has 1 rings (SSSR count). The van der Waals surface area contributed by atoms with Crippen LogP contribution in [0.3, 0.4) is 0 Å². The number of anilines is 1. The Morgan fingerprint density at radius 2 is 2.38 bits per heavy atom. The average molecular weight is 220 g/mol. The Kier molecular flexibility index (Phi) is 4.25. The van der Waals surface area contributed by atoms with Crippen molar-refractivity contribution in [3.05, 3.63) is 17.5 Å². The van der Waals surface area contributed by atoms with Crippen molar-refractivity contribution in [3.8, 4) is 0 Å². The first-order valence-electron chi connectivity index (χ1n) is 4.07. The molecule has 3 nitrogen and oxygen atoms in total. The minimum absolute atomic E-state index is 0.103. The summed E-state index contributed by atoms with van der Waals surface area (Å²) in [6.45, 7) is 2.69. The highest BCUT2D eigenvalue weighted by Crippen LogP contribution is 2.16. The molecule has 13 heavy (non-hydrogen) atoms. The van der Waals surface area contributed by atoms with E-state index in [-0.39, 0.29) is 5.38 Å². The highest BCUT2D eigenvalue weighted by Gasteiger charge is 2.03. The normalized spacial score (nSPS) is 12.5. The molecule has 1 aromatic heterocycles. The standard InChI is InChI=1S/C8H11Cl2N3/c1-2-6(9)3-12-8-7(10)4-11-5-13-8/h4-6H,2-3H2,1H3,(H,11,12,13). The van der Waals surface area contributed by atoms with Gasteiger partial charge in [-0.15, -0.1) is 11.6 Å². The van der Waals surface area contributed by atoms with E-state index < -0.39 is 0 Å². The van der Waals surface area contributed by atoms with Crippen molar-refractivity contribution in [1.82, 2.24) is 9.97 Å². The molecular formula is C8H11Cl2N3. The maximum atomic E-state index is 5.92. The van der Waals surface area contributed by atoms with E-state index in [1.165, 1.54) is 6.33 Å². The average Bonchev–Trinajstić information content (AvgIpc) is 2.16. The predicted molar refractivity (Wildman–Crippen MR) is 55.5 cm³/mol. The number of nitrogens with one attached hydrogen (secondary N) is 1. The lowest BCUT2D eigenvalue weighted by Gasteiger charge is -2.09. The molecule has 0 radical (unpaired) electrons. The van der Waals surface area contributed by atoms with Crippen molar-refractivity contribution >= 4 is 29.0 Å². The minimum atomic E-state index is 0.103. The number of rotatable bonds is 4. The second-order valence-corrected chi connectivity index (χ2v) is 3.63. The fourth-order valence-electron chi connectivity index (χ4n) is 0.794. The number of aromatic nitrogens is 2. The summed E-state index contributed by atoms with van der Waals surface area (Å²) in [5, 5.41) is 3.67. The van der Waals surface area contributed by atoms with Crippen LogP contribution >= 0.6 is 23.2 Å². The maximum absolute atomic E-state index is 5.92. The van der Waals surface area contributed by atoms with Crippen LogP contribution in [0.15, 0.2) is 12.5 Å². The van der Waals surface area contributed by atoms with Crippen molar-refractivity contribution < 1.29 is 0 Å². The molecule has 5 heteroatoms. The lowest BCUT2D eigenvalue weighted by molar-refractivity contribution is 0.840. The first-order chi connectivity index (χ1) is 6.24. The van der Waals surface area contributed by atoms with Crippen LogP contribution in [0.2, 0.25) is 5.02 Å². The van der Waals surface area contributed by atoms with E-state index in [0.29, 0.717) is 17.4 Å². The van der Waals surface area contributed by atoms with Crippen LogP contribution in [-0.2, 0) is 0 Å². The monoisotopic (exact) mass is 219 g/mol. The SMILES string of the molecule is CCC(Cl)CNc1ncncc1Cl. The molecule has 0 amide bonds. The third kappa shape index (κ3) is 3.36. The van der Waals surface area contributed by atoms with Gasteiger partial charge in [-0.2, -0.15) is 0 Å². The van der Waals surface area contributed by atoms with Gasteiger partial charge in [0.2, 0.25) is 0 Å². The highest BCUT2D eigenvalue weighted by atomic mass is 35.5. The van der Waals surface area contributed by atoms with Crippen molar-refractivity contribution in [1.29, 1.82) is 0 Å². The van der Waals surface area contributed by atoms with Gasteiger partial charge in [-0.3, -0.25) is 0 Å². The van der Waals surface area contributed by atoms with Gasteiger partial charge in [0.05, 0.1) is 11.6 Å². The van der Waals surface area contributed by atoms with Gasteiger partial charge in [0.25, 0.3) is 0 Å². The molecule has 1 N–H and O–H groups in total. The van der Waals surface area contributed by atoms with E-state index in [9.17, 15) is 0 Å². The summed E-state index contributed by atoms with van der Waals surface area (Å²) < 4.78 is 0. The molecule has 0 spiro atoms. The van der Waals surface area contributed by atoms with Crippen LogP contribution < -0.4 is 5.32 Å². The van der Waals surface area contributed by atoms with E-state index in [4.69, 9.17) is 23.2 Å². The van der Waals surface area contributed by atoms with Gasteiger partial charge >= 0.3 is 0 Å². The first-order valence-corrected chi connectivity index (χ1v) is 4.89. The Morgan fingerprint density at radius 1 is 1.62 bits per heavy atom. The highest BCUT2D eigenvalue weighted by molar-refractivity contribution is 6.32. The van der Waals surface area contributed by atoms with Crippen LogP contribution in [0.5, 0.6) is 0 Å². The van der Waals surface area contributed by atoms with Gasteiger partial charge < -0.3 is 5.32 Å². The zero-order valence-electron chi connectivity index (χ0n) is 7.30.